The van der Waals surface area contributed by atoms with Crippen LogP contribution in [0.5, 0.6) is 17.2 Å². The molecule has 2 aromatic rings. The zero-order valence-electron chi connectivity index (χ0n) is 17.5. The number of hydrogen-bond donors (Lipinski definition) is 2. The number of fused-ring (bicyclic) bond motifs is 1. The van der Waals surface area contributed by atoms with Crippen molar-refractivity contribution >= 4 is 17.5 Å². The summed E-state index contributed by atoms with van der Waals surface area (Å²) in [5, 5.41) is 5.77. The number of aryl methyl sites for hydroxylation is 1. The van der Waals surface area contributed by atoms with Crippen LogP contribution in [0.1, 0.15) is 37.3 Å². The van der Waals surface area contributed by atoms with Gasteiger partial charge in [0.1, 0.15) is 5.75 Å². The van der Waals surface area contributed by atoms with Crippen molar-refractivity contribution in [3.63, 3.8) is 0 Å². The first-order valence-corrected chi connectivity index (χ1v) is 10.2. The maximum absolute atomic E-state index is 12.1. The molecule has 0 fully saturated rings. The molecule has 7 nitrogen and oxygen atoms in total. The molecular weight excluding hydrogens is 384 g/mol. The Hall–Kier alpha value is -3.22. The van der Waals surface area contributed by atoms with E-state index in [0.29, 0.717) is 50.5 Å². The van der Waals surface area contributed by atoms with Gasteiger partial charge in [0.25, 0.3) is 0 Å². The lowest BCUT2D eigenvalue weighted by atomic mass is 10.0. The lowest BCUT2D eigenvalue weighted by Crippen LogP contribution is -2.23. The summed E-state index contributed by atoms with van der Waals surface area (Å²) in [6.07, 6.45) is 2.22. The number of hydrogen-bond acceptors (Lipinski definition) is 5. The summed E-state index contributed by atoms with van der Waals surface area (Å²) in [5.41, 5.74) is 2.88. The molecule has 0 spiro atoms. The van der Waals surface area contributed by atoms with E-state index in [4.69, 9.17) is 14.2 Å². The smallest absolute Gasteiger partial charge is 0.224 e. The molecule has 0 aliphatic carbocycles. The van der Waals surface area contributed by atoms with Gasteiger partial charge in [-0.2, -0.15) is 0 Å². The Morgan fingerprint density at radius 1 is 1.10 bits per heavy atom. The number of carbonyl (C=O) groups is 2. The van der Waals surface area contributed by atoms with Gasteiger partial charge in [-0.25, -0.2) is 0 Å². The van der Waals surface area contributed by atoms with E-state index in [1.807, 2.05) is 43.3 Å². The predicted molar refractivity (Wildman–Crippen MR) is 114 cm³/mol. The standard InChI is InChI=1S/C23H28N2O5/c1-3-29-20-10-6-16(13-21(20)28-2)15-24-22(26)5-4-12-30-18-8-9-19-17(14-18)7-11-23(27)25-19/h6,8-10,13-14H,3-5,7,11-12,15H2,1-2H3,(H,24,26)(H,25,27). The second-order valence-corrected chi connectivity index (χ2v) is 7.01. The van der Waals surface area contributed by atoms with Gasteiger partial charge in [-0.15, -0.1) is 0 Å². The fourth-order valence-electron chi connectivity index (χ4n) is 3.26. The van der Waals surface area contributed by atoms with Crippen LogP contribution in [-0.2, 0) is 22.6 Å². The topological polar surface area (TPSA) is 85.9 Å². The van der Waals surface area contributed by atoms with Crippen LogP contribution in [0.25, 0.3) is 0 Å². The first-order chi connectivity index (χ1) is 14.6. The van der Waals surface area contributed by atoms with Crippen molar-refractivity contribution < 1.29 is 23.8 Å². The number of benzene rings is 2. The van der Waals surface area contributed by atoms with Crippen molar-refractivity contribution in [3.05, 3.63) is 47.5 Å². The van der Waals surface area contributed by atoms with Crippen LogP contribution in [-0.4, -0.2) is 32.1 Å². The minimum atomic E-state index is -0.0281. The van der Waals surface area contributed by atoms with Crippen molar-refractivity contribution in [2.75, 3.05) is 25.6 Å². The highest BCUT2D eigenvalue weighted by Crippen LogP contribution is 2.28. The van der Waals surface area contributed by atoms with E-state index >= 15 is 0 Å². The molecule has 1 heterocycles. The van der Waals surface area contributed by atoms with E-state index in [1.165, 1.54) is 0 Å². The Morgan fingerprint density at radius 3 is 2.77 bits per heavy atom. The number of methoxy groups -OCH3 is 1. The maximum atomic E-state index is 12.1. The molecule has 2 amide bonds. The molecule has 2 aromatic carbocycles. The Balaban J connectivity index is 1.39. The fraction of sp³-hybridized carbons (Fsp3) is 0.391. The van der Waals surface area contributed by atoms with E-state index in [1.54, 1.807) is 7.11 Å². The van der Waals surface area contributed by atoms with Gasteiger partial charge < -0.3 is 24.8 Å². The molecule has 0 saturated heterocycles. The maximum Gasteiger partial charge on any atom is 0.224 e. The zero-order valence-corrected chi connectivity index (χ0v) is 17.5. The minimum absolute atomic E-state index is 0.0281. The molecule has 1 aliphatic heterocycles. The molecule has 0 bridgehead atoms. The van der Waals surface area contributed by atoms with Crippen LogP contribution in [0, 0.1) is 0 Å². The van der Waals surface area contributed by atoms with Crippen molar-refractivity contribution in [1.82, 2.24) is 5.32 Å². The summed E-state index contributed by atoms with van der Waals surface area (Å²) in [4.78, 5) is 23.5. The molecule has 0 atom stereocenters. The van der Waals surface area contributed by atoms with Gasteiger partial charge in [-0.05, 0) is 61.2 Å². The van der Waals surface area contributed by atoms with Gasteiger partial charge in [-0.1, -0.05) is 6.07 Å². The second kappa shape index (κ2) is 10.5. The molecule has 30 heavy (non-hydrogen) atoms. The number of rotatable bonds is 10. The summed E-state index contributed by atoms with van der Waals surface area (Å²) >= 11 is 0. The van der Waals surface area contributed by atoms with Crippen LogP contribution in [0.4, 0.5) is 5.69 Å². The van der Waals surface area contributed by atoms with Crippen LogP contribution in [0.15, 0.2) is 36.4 Å². The molecule has 0 aromatic heterocycles. The highest BCUT2D eigenvalue weighted by Gasteiger charge is 2.15. The normalized spacial score (nSPS) is 12.5. The first kappa shape index (κ1) is 21.5. The van der Waals surface area contributed by atoms with Gasteiger partial charge >= 0.3 is 0 Å². The van der Waals surface area contributed by atoms with E-state index < -0.39 is 0 Å². The van der Waals surface area contributed by atoms with Gasteiger partial charge in [0.15, 0.2) is 11.5 Å². The zero-order chi connectivity index (χ0) is 21.3. The van der Waals surface area contributed by atoms with Gasteiger partial charge in [0.05, 0.1) is 20.3 Å². The summed E-state index contributed by atoms with van der Waals surface area (Å²) in [5.74, 6) is 2.12. The van der Waals surface area contributed by atoms with E-state index in [2.05, 4.69) is 10.6 Å². The Bertz CT molecular complexity index is 897. The summed E-state index contributed by atoms with van der Waals surface area (Å²) < 4.78 is 16.6. The second-order valence-electron chi connectivity index (χ2n) is 7.01. The Labute approximate surface area is 176 Å². The van der Waals surface area contributed by atoms with Crippen molar-refractivity contribution in [2.45, 2.75) is 39.2 Å². The number of carbonyl (C=O) groups excluding carboxylic acids is 2. The molecule has 0 radical (unpaired) electrons. The average molecular weight is 412 g/mol. The van der Waals surface area contributed by atoms with Crippen LogP contribution in [0.3, 0.4) is 0 Å². The largest absolute Gasteiger partial charge is 0.494 e. The van der Waals surface area contributed by atoms with Gasteiger partial charge in [0.2, 0.25) is 11.8 Å². The van der Waals surface area contributed by atoms with E-state index in [-0.39, 0.29) is 11.8 Å². The van der Waals surface area contributed by atoms with E-state index in [0.717, 1.165) is 29.0 Å². The molecule has 1 aliphatic rings. The third kappa shape index (κ3) is 5.89. The van der Waals surface area contributed by atoms with E-state index in [9.17, 15) is 9.59 Å². The number of ether oxygens (including phenoxy) is 3. The SMILES string of the molecule is CCOc1ccc(CNC(=O)CCCOc2ccc3c(c2)CCC(=O)N3)cc1OC. The Kier molecular flexibility index (Phi) is 7.54. The number of anilines is 1. The lowest BCUT2D eigenvalue weighted by Gasteiger charge is -2.17. The van der Waals surface area contributed by atoms with Crippen molar-refractivity contribution in [1.29, 1.82) is 0 Å². The molecule has 3 rings (SSSR count). The highest BCUT2D eigenvalue weighted by atomic mass is 16.5. The number of amides is 2. The van der Waals surface area contributed by atoms with Crippen LogP contribution >= 0.6 is 0 Å². The predicted octanol–water partition coefficient (Wildman–Crippen LogP) is 3.45. The van der Waals surface area contributed by atoms with Gasteiger partial charge in [0, 0.05) is 25.1 Å². The summed E-state index contributed by atoms with van der Waals surface area (Å²) in [6, 6.07) is 11.3. The monoisotopic (exact) mass is 412 g/mol. The van der Waals surface area contributed by atoms with Crippen molar-refractivity contribution in [2.24, 2.45) is 0 Å². The molecule has 160 valence electrons. The third-order valence-electron chi connectivity index (χ3n) is 4.81. The van der Waals surface area contributed by atoms with Crippen LogP contribution < -0.4 is 24.8 Å². The summed E-state index contributed by atoms with van der Waals surface area (Å²) in [7, 11) is 1.60. The van der Waals surface area contributed by atoms with Crippen LogP contribution in [0.2, 0.25) is 0 Å². The fourth-order valence-corrected chi connectivity index (χ4v) is 3.26. The molecule has 2 N–H and O–H groups in total. The highest BCUT2D eigenvalue weighted by molar-refractivity contribution is 5.94. The molecular formula is C23H28N2O5. The summed E-state index contributed by atoms with van der Waals surface area (Å²) in [6.45, 7) is 3.37. The van der Waals surface area contributed by atoms with Crippen molar-refractivity contribution in [3.8, 4) is 17.2 Å². The molecule has 0 saturated carbocycles. The first-order valence-electron chi connectivity index (χ1n) is 10.2. The molecule has 7 heteroatoms. The third-order valence-corrected chi connectivity index (χ3v) is 4.81. The Morgan fingerprint density at radius 2 is 1.97 bits per heavy atom. The lowest BCUT2D eigenvalue weighted by molar-refractivity contribution is -0.121. The average Bonchev–Trinajstić information content (AvgIpc) is 2.76. The van der Waals surface area contributed by atoms with Gasteiger partial charge in [-0.3, -0.25) is 9.59 Å². The minimum Gasteiger partial charge on any atom is -0.494 e. The number of nitrogens with one attached hydrogen (secondary N) is 2. The molecule has 0 unspecified atom stereocenters. The quantitative estimate of drug-likeness (QED) is 0.584.